The Bertz CT molecular complexity index is 347. The summed E-state index contributed by atoms with van der Waals surface area (Å²) in [5, 5.41) is 3.71. The smallest absolute Gasteiger partial charge is 0.0503 e. The Balaban J connectivity index is 2.02. The lowest BCUT2D eigenvalue weighted by Crippen LogP contribution is -2.21. The SMILES string of the molecule is CCC(Nc1ccccc1CCOC)C1CC1. The second-order valence-electron chi connectivity index (χ2n) is 4.90. The van der Waals surface area contributed by atoms with Gasteiger partial charge in [0, 0.05) is 18.8 Å². The maximum atomic E-state index is 5.16. The fourth-order valence-corrected chi connectivity index (χ4v) is 2.34. The Morgan fingerprint density at radius 2 is 2.12 bits per heavy atom. The minimum atomic E-state index is 0.652. The number of methoxy groups -OCH3 is 1. The van der Waals surface area contributed by atoms with Crippen molar-refractivity contribution in [2.45, 2.75) is 38.6 Å². The lowest BCUT2D eigenvalue weighted by atomic mass is 10.1. The molecule has 1 aromatic carbocycles. The highest BCUT2D eigenvalue weighted by Gasteiger charge is 2.29. The first-order valence-corrected chi connectivity index (χ1v) is 6.68. The van der Waals surface area contributed by atoms with Crippen LogP contribution in [0.3, 0.4) is 0 Å². The van der Waals surface area contributed by atoms with E-state index in [1.54, 1.807) is 7.11 Å². The van der Waals surface area contributed by atoms with Gasteiger partial charge in [0.1, 0.15) is 0 Å². The monoisotopic (exact) mass is 233 g/mol. The number of hydrogen-bond donors (Lipinski definition) is 1. The van der Waals surface area contributed by atoms with E-state index in [1.807, 2.05) is 0 Å². The first-order valence-electron chi connectivity index (χ1n) is 6.68. The molecule has 2 nitrogen and oxygen atoms in total. The summed E-state index contributed by atoms with van der Waals surface area (Å²) in [7, 11) is 1.76. The van der Waals surface area contributed by atoms with Crippen molar-refractivity contribution in [3.8, 4) is 0 Å². The number of benzene rings is 1. The van der Waals surface area contributed by atoms with Gasteiger partial charge in [0.15, 0.2) is 0 Å². The van der Waals surface area contributed by atoms with Crippen molar-refractivity contribution in [2.24, 2.45) is 5.92 Å². The van der Waals surface area contributed by atoms with Gasteiger partial charge in [-0.25, -0.2) is 0 Å². The molecule has 2 rings (SSSR count). The van der Waals surface area contributed by atoms with E-state index in [2.05, 4.69) is 36.5 Å². The van der Waals surface area contributed by atoms with Crippen LogP contribution in [0, 0.1) is 5.92 Å². The molecule has 17 heavy (non-hydrogen) atoms. The molecule has 1 unspecified atom stereocenters. The molecule has 0 saturated heterocycles. The van der Waals surface area contributed by atoms with Crippen molar-refractivity contribution < 1.29 is 4.74 Å². The molecule has 1 N–H and O–H groups in total. The van der Waals surface area contributed by atoms with Gasteiger partial charge in [0.05, 0.1) is 6.61 Å². The topological polar surface area (TPSA) is 21.3 Å². The van der Waals surface area contributed by atoms with Gasteiger partial charge < -0.3 is 10.1 Å². The molecule has 1 aromatic rings. The van der Waals surface area contributed by atoms with Gasteiger partial charge in [-0.3, -0.25) is 0 Å². The molecule has 94 valence electrons. The highest BCUT2D eigenvalue weighted by Crippen LogP contribution is 2.36. The molecule has 1 saturated carbocycles. The normalized spacial score (nSPS) is 16.8. The minimum Gasteiger partial charge on any atom is -0.384 e. The van der Waals surface area contributed by atoms with E-state index in [1.165, 1.54) is 30.5 Å². The van der Waals surface area contributed by atoms with Crippen molar-refractivity contribution in [1.82, 2.24) is 0 Å². The van der Waals surface area contributed by atoms with Crippen molar-refractivity contribution >= 4 is 5.69 Å². The molecule has 0 aromatic heterocycles. The first-order chi connectivity index (χ1) is 8.35. The second-order valence-corrected chi connectivity index (χ2v) is 4.90. The molecule has 0 bridgehead atoms. The highest BCUT2D eigenvalue weighted by atomic mass is 16.5. The summed E-state index contributed by atoms with van der Waals surface area (Å²) in [5.41, 5.74) is 2.66. The largest absolute Gasteiger partial charge is 0.384 e. The van der Waals surface area contributed by atoms with Crippen molar-refractivity contribution in [3.63, 3.8) is 0 Å². The summed E-state index contributed by atoms with van der Waals surface area (Å²) in [6, 6.07) is 9.25. The van der Waals surface area contributed by atoms with Crippen LogP contribution in [-0.2, 0) is 11.2 Å². The Morgan fingerprint density at radius 3 is 2.76 bits per heavy atom. The summed E-state index contributed by atoms with van der Waals surface area (Å²) >= 11 is 0. The Hall–Kier alpha value is -1.02. The Kier molecular flexibility index (Phi) is 4.43. The zero-order chi connectivity index (χ0) is 12.1. The van der Waals surface area contributed by atoms with E-state index in [-0.39, 0.29) is 0 Å². The molecule has 0 radical (unpaired) electrons. The van der Waals surface area contributed by atoms with Crippen LogP contribution in [0.5, 0.6) is 0 Å². The number of hydrogen-bond acceptors (Lipinski definition) is 2. The van der Waals surface area contributed by atoms with Crippen LogP contribution < -0.4 is 5.32 Å². The lowest BCUT2D eigenvalue weighted by Gasteiger charge is -2.20. The lowest BCUT2D eigenvalue weighted by molar-refractivity contribution is 0.202. The average Bonchev–Trinajstić information content (AvgIpc) is 3.19. The van der Waals surface area contributed by atoms with E-state index in [4.69, 9.17) is 4.74 Å². The van der Waals surface area contributed by atoms with Crippen LogP contribution in [0.2, 0.25) is 0 Å². The third-order valence-corrected chi connectivity index (χ3v) is 3.56. The summed E-state index contributed by atoms with van der Waals surface area (Å²) < 4.78 is 5.16. The van der Waals surface area contributed by atoms with Crippen LogP contribution in [0.1, 0.15) is 31.7 Å². The van der Waals surface area contributed by atoms with Gasteiger partial charge in [0.25, 0.3) is 0 Å². The predicted molar refractivity (Wildman–Crippen MR) is 72.4 cm³/mol. The molecule has 0 amide bonds. The van der Waals surface area contributed by atoms with Gasteiger partial charge in [-0.2, -0.15) is 0 Å². The number of ether oxygens (including phenoxy) is 1. The Morgan fingerprint density at radius 1 is 1.35 bits per heavy atom. The third kappa shape index (κ3) is 3.47. The number of para-hydroxylation sites is 1. The van der Waals surface area contributed by atoms with Gasteiger partial charge in [-0.15, -0.1) is 0 Å². The molecule has 1 fully saturated rings. The van der Waals surface area contributed by atoms with E-state index >= 15 is 0 Å². The van der Waals surface area contributed by atoms with Gasteiger partial charge in [0.2, 0.25) is 0 Å². The molecule has 0 aliphatic heterocycles. The number of rotatable bonds is 7. The van der Waals surface area contributed by atoms with Crippen molar-refractivity contribution in [1.29, 1.82) is 0 Å². The molecule has 0 spiro atoms. The summed E-state index contributed by atoms with van der Waals surface area (Å²) in [6.07, 6.45) is 4.99. The van der Waals surface area contributed by atoms with Crippen LogP contribution in [-0.4, -0.2) is 19.8 Å². The van der Waals surface area contributed by atoms with Gasteiger partial charge in [-0.1, -0.05) is 25.1 Å². The van der Waals surface area contributed by atoms with E-state index in [9.17, 15) is 0 Å². The second kappa shape index (κ2) is 6.06. The third-order valence-electron chi connectivity index (χ3n) is 3.56. The Labute approximate surface area is 104 Å². The zero-order valence-electron chi connectivity index (χ0n) is 10.9. The van der Waals surface area contributed by atoms with Gasteiger partial charge in [-0.05, 0) is 43.2 Å². The maximum Gasteiger partial charge on any atom is 0.0503 e. The fourth-order valence-electron chi connectivity index (χ4n) is 2.34. The number of anilines is 1. The van der Waals surface area contributed by atoms with Crippen LogP contribution in [0.25, 0.3) is 0 Å². The standard InChI is InChI=1S/C15H23NO/c1-3-14(13-8-9-13)16-15-7-5-4-6-12(15)10-11-17-2/h4-7,13-14,16H,3,8-11H2,1-2H3. The summed E-state index contributed by atoms with van der Waals surface area (Å²) in [6.45, 7) is 3.06. The molecule has 1 atom stereocenters. The van der Waals surface area contributed by atoms with Gasteiger partial charge >= 0.3 is 0 Å². The maximum absolute atomic E-state index is 5.16. The molecular formula is C15H23NO. The van der Waals surface area contributed by atoms with Crippen LogP contribution in [0.4, 0.5) is 5.69 Å². The molecule has 1 aliphatic carbocycles. The van der Waals surface area contributed by atoms with E-state index in [0.717, 1.165) is 18.9 Å². The van der Waals surface area contributed by atoms with Crippen molar-refractivity contribution in [3.05, 3.63) is 29.8 Å². The highest BCUT2D eigenvalue weighted by molar-refractivity contribution is 5.52. The molecule has 2 heteroatoms. The zero-order valence-corrected chi connectivity index (χ0v) is 10.9. The summed E-state index contributed by atoms with van der Waals surface area (Å²) in [4.78, 5) is 0. The van der Waals surface area contributed by atoms with Crippen molar-refractivity contribution in [2.75, 3.05) is 19.0 Å². The quantitative estimate of drug-likeness (QED) is 0.778. The van der Waals surface area contributed by atoms with E-state index < -0.39 is 0 Å². The predicted octanol–water partition coefficient (Wildman–Crippen LogP) is 3.48. The van der Waals surface area contributed by atoms with Crippen LogP contribution in [0.15, 0.2) is 24.3 Å². The molecule has 1 aliphatic rings. The minimum absolute atomic E-state index is 0.652. The van der Waals surface area contributed by atoms with Crippen LogP contribution >= 0.6 is 0 Å². The number of nitrogens with one attached hydrogen (secondary N) is 1. The molecular weight excluding hydrogens is 210 g/mol. The fraction of sp³-hybridized carbons (Fsp3) is 0.600. The first kappa shape index (κ1) is 12.4. The summed E-state index contributed by atoms with van der Waals surface area (Å²) in [5.74, 6) is 0.899. The average molecular weight is 233 g/mol. The van der Waals surface area contributed by atoms with E-state index in [0.29, 0.717) is 6.04 Å². The molecule has 0 heterocycles.